The Hall–Kier alpha value is -1.62. The number of hydrogen-bond acceptors (Lipinski definition) is 5. The third kappa shape index (κ3) is 2.44. The molecule has 84 valence electrons. The Kier molecular flexibility index (Phi) is 3.62. The summed E-state index contributed by atoms with van der Waals surface area (Å²) in [7, 11) is 3.05. The standard InChI is InChI=1S/C10H16N2O3/c1-6(13)12-7-4-5-8(14-2)9(11)10(7)15-3/h4-6,12-13H,11H2,1-3H3. The number of rotatable bonds is 4. The van der Waals surface area contributed by atoms with Crippen LogP contribution < -0.4 is 20.5 Å². The van der Waals surface area contributed by atoms with E-state index in [9.17, 15) is 5.11 Å². The fourth-order valence-corrected chi connectivity index (χ4v) is 1.32. The van der Waals surface area contributed by atoms with Crippen molar-refractivity contribution in [1.82, 2.24) is 0 Å². The van der Waals surface area contributed by atoms with E-state index in [0.29, 0.717) is 22.9 Å². The maximum absolute atomic E-state index is 9.20. The molecule has 0 saturated carbocycles. The van der Waals surface area contributed by atoms with Gasteiger partial charge in [-0.25, -0.2) is 0 Å². The Bertz CT molecular complexity index is 340. The molecule has 5 nitrogen and oxygen atoms in total. The van der Waals surface area contributed by atoms with Gasteiger partial charge in [-0.05, 0) is 19.1 Å². The molecule has 0 fully saturated rings. The monoisotopic (exact) mass is 212 g/mol. The van der Waals surface area contributed by atoms with Crippen molar-refractivity contribution in [2.24, 2.45) is 0 Å². The topological polar surface area (TPSA) is 76.7 Å². The zero-order valence-corrected chi connectivity index (χ0v) is 9.07. The van der Waals surface area contributed by atoms with Gasteiger partial charge in [0.25, 0.3) is 0 Å². The van der Waals surface area contributed by atoms with E-state index in [1.165, 1.54) is 14.2 Å². The minimum atomic E-state index is -0.674. The fourth-order valence-electron chi connectivity index (χ4n) is 1.32. The highest BCUT2D eigenvalue weighted by Crippen LogP contribution is 2.38. The lowest BCUT2D eigenvalue weighted by atomic mass is 10.2. The molecule has 0 aliphatic carbocycles. The highest BCUT2D eigenvalue weighted by molar-refractivity contribution is 5.75. The molecule has 0 radical (unpaired) electrons. The van der Waals surface area contributed by atoms with Gasteiger partial charge < -0.3 is 25.6 Å². The molecular weight excluding hydrogens is 196 g/mol. The fraction of sp³-hybridized carbons (Fsp3) is 0.400. The second kappa shape index (κ2) is 4.75. The van der Waals surface area contributed by atoms with E-state index in [1.54, 1.807) is 19.1 Å². The molecule has 5 heteroatoms. The van der Waals surface area contributed by atoms with Crippen LogP contribution in [0.1, 0.15) is 6.92 Å². The van der Waals surface area contributed by atoms with Crippen molar-refractivity contribution in [1.29, 1.82) is 0 Å². The number of methoxy groups -OCH3 is 2. The molecule has 0 aliphatic rings. The molecule has 1 aromatic rings. The Labute approximate surface area is 88.8 Å². The summed E-state index contributed by atoms with van der Waals surface area (Å²) in [5.41, 5.74) is 6.85. The molecule has 4 N–H and O–H groups in total. The summed E-state index contributed by atoms with van der Waals surface area (Å²) in [4.78, 5) is 0. The maximum Gasteiger partial charge on any atom is 0.168 e. The first kappa shape index (κ1) is 11.5. The number of aliphatic hydroxyl groups is 1. The SMILES string of the molecule is COc1ccc(NC(C)O)c(OC)c1N. The van der Waals surface area contributed by atoms with Crippen molar-refractivity contribution >= 4 is 11.4 Å². The van der Waals surface area contributed by atoms with Crippen molar-refractivity contribution < 1.29 is 14.6 Å². The van der Waals surface area contributed by atoms with Gasteiger partial charge in [0, 0.05) is 0 Å². The first-order valence-corrected chi connectivity index (χ1v) is 4.55. The molecule has 1 rings (SSSR count). The van der Waals surface area contributed by atoms with Gasteiger partial charge in [-0.2, -0.15) is 0 Å². The first-order valence-electron chi connectivity index (χ1n) is 4.55. The normalized spacial score (nSPS) is 12.0. The Morgan fingerprint density at radius 3 is 2.47 bits per heavy atom. The number of nitrogen functional groups attached to an aromatic ring is 1. The molecule has 0 spiro atoms. The second-order valence-corrected chi connectivity index (χ2v) is 3.08. The molecule has 0 amide bonds. The van der Waals surface area contributed by atoms with Crippen molar-refractivity contribution in [2.75, 3.05) is 25.3 Å². The lowest BCUT2D eigenvalue weighted by Gasteiger charge is -2.16. The summed E-state index contributed by atoms with van der Waals surface area (Å²) >= 11 is 0. The first-order chi connectivity index (χ1) is 7.10. The van der Waals surface area contributed by atoms with Crippen molar-refractivity contribution in [2.45, 2.75) is 13.2 Å². The summed E-state index contributed by atoms with van der Waals surface area (Å²) < 4.78 is 10.2. The maximum atomic E-state index is 9.20. The molecule has 1 unspecified atom stereocenters. The lowest BCUT2D eigenvalue weighted by molar-refractivity contribution is 0.224. The van der Waals surface area contributed by atoms with Crippen LogP contribution in [0, 0.1) is 0 Å². The predicted octanol–water partition coefficient (Wildman–Crippen LogP) is 1.04. The van der Waals surface area contributed by atoms with Crippen LogP contribution in [-0.2, 0) is 0 Å². The lowest BCUT2D eigenvalue weighted by Crippen LogP contribution is -2.14. The average Bonchev–Trinajstić information content (AvgIpc) is 2.18. The molecule has 0 heterocycles. The van der Waals surface area contributed by atoms with Crippen LogP contribution in [0.2, 0.25) is 0 Å². The Balaban J connectivity index is 3.12. The highest BCUT2D eigenvalue weighted by atomic mass is 16.5. The van der Waals surface area contributed by atoms with Crippen LogP contribution in [0.3, 0.4) is 0 Å². The van der Waals surface area contributed by atoms with Crippen LogP contribution in [0.15, 0.2) is 12.1 Å². The van der Waals surface area contributed by atoms with E-state index >= 15 is 0 Å². The highest BCUT2D eigenvalue weighted by Gasteiger charge is 2.12. The number of hydrogen-bond donors (Lipinski definition) is 3. The number of anilines is 2. The molecule has 0 aromatic heterocycles. The molecule has 0 bridgehead atoms. The van der Waals surface area contributed by atoms with Crippen molar-refractivity contribution in [3.8, 4) is 11.5 Å². The summed E-state index contributed by atoms with van der Waals surface area (Å²) in [6.45, 7) is 1.61. The van der Waals surface area contributed by atoms with E-state index in [-0.39, 0.29) is 0 Å². The van der Waals surface area contributed by atoms with Gasteiger partial charge in [0.1, 0.15) is 17.7 Å². The number of nitrogens with two attached hydrogens (primary N) is 1. The predicted molar refractivity (Wildman–Crippen MR) is 59.3 cm³/mol. The zero-order valence-electron chi connectivity index (χ0n) is 9.07. The van der Waals surface area contributed by atoms with E-state index in [0.717, 1.165) is 0 Å². The van der Waals surface area contributed by atoms with Crippen LogP contribution >= 0.6 is 0 Å². The second-order valence-electron chi connectivity index (χ2n) is 3.08. The summed E-state index contributed by atoms with van der Waals surface area (Å²) in [6.07, 6.45) is -0.674. The number of aliphatic hydroxyl groups excluding tert-OH is 1. The summed E-state index contributed by atoms with van der Waals surface area (Å²) in [5.74, 6) is 1.01. The van der Waals surface area contributed by atoms with Crippen LogP contribution in [0.5, 0.6) is 11.5 Å². The van der Waals surface area contributed by atoms with E-state index < -0.39 is 6.23 Å². The van der Waals surface area contributed by atoms with Gasteiger partial charge in [0.05, 0.1) is 19.9 Å². The third-order valence-corrected chi connectivity index (χ3v) is 1.94. The molecule has 15 heavy (non-hydrogen) atoms. The number of nitrogens with one attached hydrogen (secondary N) is 1. The van der Waals surface area contributed by atoms with Crippen molar-refractivity contribution in [3.05, 3.63) is 12.1 Å². The Morgan fingerprint density at radius 1 is 1.33 bits per heavy atom. The van der Waals surface area contributed by atoms with Crippen molar-refractivity contribution in [3.63, 3.8) is 0 Å². The minimum Gasteiger partial charge on any atom is -0.494 e. The van der Waals surface area contributed by atoms with Gasteiger partial charge in [-0.15, -0.1) is 0 Å². The van der Waals surface area contributed by atoms with E-state index in [1.807, 2.05) is 0 Å². The molecule has 1 aromatic carbocycles. The largest absolute Gasteiger partial charge is 0.494 e. The van der Waals surface area contributed by atoms with Crippen LogP contribution in [0.4, 0.5) is 11.4 Å². The van der Waals surface area contributed by atoms with Gasteiger partial charge in [-0.1, -0.05) is 0 Å². The Morgan fingerprint density at radius 2 is 2.00 bits per heavy atom. The molecule has 0 saturated heterocycles. The average molecular weight is 212 g/mol. The number of ether oxygens (including phenoxy) is 2. The summed E-state index contributed by atoms with van der Waals surface area (Å²) in [6, 6.07) is 3.45. The molecule has 0 aliphatic heterocycles. The zero-order chi connectivity index (χ0) is 11.4. The molecule has 1 atom stereocenters. The summed E-state index contributed by atoms with van der Waals surface area (Å²) in [5, 5.41) is 12.0. The minimum absolute atomic E-state index is 0.408. The van der Waals surface area contributed by atoms with E-state index in [4.69, 9.17) is 15.2 Å². The third-order valence-electron chi connectivity index (χ3n) is 1.94. The van der Waals surface area contributed by atoms with Crippen LogP contribution in [-0.4, -0.2) is 25.6 Å². The van der Waals surface area contributed by atoms with Gasteiger partial charge in [-0.3, -0.25) is 0 Å². The number of benzene rings is 1. The quantitative estimate of drug-likeness (QED) is 0.513. The van der Waals surface area contributed by atoms with E-state index in [2.05, 4.69) is 5.32 Å². The van der Waals surface area contributed by atoms with Gasteiger partial charge in [0.2, 0.25) is 0 Å². The smallest absolute Gasteiger partial charge is 0.168 e. The molecular formula is C10H16N2O3. The van der Waals surface area contributed by atoms with Gasteiger partial charge in [0.15, 0.2) is 5.75 Å². The van der Waals surface area contributed by atoms with Gasteiger partial charge >= 0.3 is 0 Å². The van der Waals surface area contributed by atoms with Crippen LogP contribution in [0.25, 0.3) is 0 Å².